The summed E-state index contributed by atoms with van der Waals surface area (Å²) in [6.45, 7) is 11.4. The molecule has 13 atom stereocenters. The van der Waals surface area contributed by atoms with Gasteiger partial charge in [0, 0.05) is 24.7 Å². The Hall–Kier alpha value is -0.120. The lowest BCUT2D eigenvalue weighted by atomic mass is 9.44. The minimum absolute atomic E-state index is 0.103. The fourth-order valence-electron chi connectivity index (χ4n) is 11.2. The van der Waals surface area contributed by atoms with Gasteiger partial charge >= 0.3 is 0 Å². The van der Waals surface area contributed by atoms with E-state index in [0.717, 1.165) is 42.1 Å². The molecule has 0 aromatic heterocycles. The van der Waals surface area contributed by atoms with Gasteiger partial charge in [0.2, 0.25) is 0 Å². The van der Waals surface area contributed by atoms with Crippen molar-refractivity contribution in [3.63, 3.8) is 0 Å². The molecule has 0 radical (unpaired) electrons. The van der Waals surface area contributed by atoms with Crippen LogP contribution in [-0.2, 0) is 0 Å². The molecule has 3 nitrogen and oxygen atoms in total. The number of piperidine rings is 1. The highest BCUT2D eigenvalue weighted by Crippen LogP contribution is 2.70. The lowest BCUT2D eigenvalue weighted by Gasteiger charge is -2.61. The van der Waals surface area contributed by atoms with E-state index in [-0.39, 0.29) is 6.10 Å². The van der Waals surface area contributed by atoms with Gasteiger partial charge in [-0.3, -0.25) is 4.90 Å². The average Bonchev–Trinajstić information content (AvgIpc) is 3.15. The predicted molar refractivity (Wildman–Crippen MR) is 122 cm³/mol. The van der Waals surface area contributed by atoms with Crippen LogP contribution >= 0.6 is 0 Å². The van der Waals surface area contributed by atoms with Crippen LogP contribution < -0.4 is 5.73 Å². The topological polar surface area (TPSA) is 49.5 Å². The molecule has 0 aromatic rings. The summed E-state index contributed by atoms with van der Waals surface area (Å²) >= 11 is 0. The van der Waals surface area contributed by atoms with Gasteiger partial charge in [0.15, 0.2) is 0 Å². The molecule has 170 valence electrons. The van der Waals surface area contributed by atoms with Crippen LogP contribution in [0.1, 0.15) is 85.5 Å². The Bertz CT molecular complexity index is 696. The summed E-state index contributed by atoms with van der Waals surface area (Å²) in [5, 5.41) is 11.0. The van der Waals surface area contributed by atoms with E-state index < -0.39 is 0 Å². The lowest BCUT2D eigenvalue weighted by Crippen LogP contribution is -2.55. The van der Waals surface area contributed by atoms with Gasteiger partial charge in [-0.2, -0.15) is 0 Å². The van der Waals surface area contributed by atoms with Crippen LogP contribution in [0.15, 0.2) is 0 Å². The highest BCUT2D eigenvalue weighted by atomic mass is 16.3. The second-order valence-corrected chi connectivity index (χ2v) is 13.5. The predicted octanol–water partition coefficient (Wildman–Crippen LogP) is 4.67. The first kappa shape index (κ1) is 20.5. The number of aliphatic hydroxyl groups excluding tert-OH is 1. The SMILES string of the molecule is C[C@@H]1C[C@H](O)[C@@H]2[C@@H](C)[C@H]3[C@H](C[C@H]4[C@@H]5CC[C@H]6C[C@H](N)CC[C@]6(C)[C@H]5CC[C@]34C)N2C1. The maximum absolute atomic E-state index is 11.0. The summed E-state index contributed by atoms with van der Waals surface area (Å²) in [6, 6.07) is 1.63. The molecule has 0 bridgehead atoms. The Morgan fingerprint density at radius 3 is 2.47 bits per heavy atom. The summed E-state index contributed by atoms with van der Waals surface area (Å²) < 4.78 is 0. The molecule has 2 heterocycles. The normalized spacial score (nSPS) is 62.8. The first-order valence-electron chi connectivity index (χ1n) is 13.4. The highest BCUT2D eigenvalue weighted by molar-refractivity contribution is 5.18. The zero-order valence-corrected chi connectivity index (χ0v) is 19.9. The quantitative estimate of drug-likeness (QED) is 0.605. The van der Waals surface area contributed by atoms with Crippen molar-refractivity contribution < 1.29 is 5.11 Å². The highest BCUT2D eigenvalue weighted by Gasteiger charge is 2.67. The molecule has 0 unspecified atom stereocenters. The van der Waals surface area contributed by atoms with Crippen molar-refractivity contribution in [2.24, 2.45) is 58.0 Å². The lowest BCUT2D eigenvalue weighted by molar-refractivity contribution is -0.118. The van der Waals surface area contributed by atoms with Crippen LogP contribution in [0.25, 0.3) is 0 Å². The van der Waals surface area contributed by atoms with E-state index in [1.807, 2.05) is 0 Å². The van der Waals surface area contributed by atoms with Crippen LogP contribution in [0, 0.1) is 52.3 Å². The molecule has 30 heavy (non-hydrogen) atoms. The Balaban J connectivity index is 1.30. The third kappa shape index (κ3) is 2.55. The summed E-state index contributed by atoms with van der Waals surface area (Å²) in [7, 11) is 0. The molecule has 3 N–H and O–H groups in total. The third-order valence-corrected chi connectivity index (χ3v) is 12.3. The van der Waals surface area contributed by atoms with Gasteiger partial charge in [-0.25, -0.2) is 0 Å². The summed E-state index contributed by atoms with van der Waals surface area (Å²) in [5.74, 6) is 5.79. The molecule has 0 amide bonds. The van der Waals surface area contributed by atoms with Crippen LogP contribution in [0.4, 0.5) is 0 Å². The number of aliphatic hydroxyl groups is 1. The van der Waals surface area contributed by atoms with Crippen molar-refractivity contribution in [1.29, 1.82) is 0 Å². The van der Waals surface area contributed by atoms with Crippen molar-refractivity contribution in [2.75, 3.05) is 6.54 Å². The Labute approximate surface area is 184 Å². The molecular formula is C27H46N2O. The molecule has 6 rings (SSSR count). The van der Waals surface area contributed by atoms with E-state index in [0.29, 0.717) is 34.7 Å². The van der Waals surface area contributed by atoms with Gasteiger partial charge in [0.1, 0.15) is 0 Å². The first-order chi connectivity index (χ1) is 14.2. The molecule has 6 aliphatic rings. The van der Waals surface area contributed by atoms with Crippen LogP contribution in [0.2, 0.25) is 0 Å². The maximum Gasteiger partial charge on any atom is 0.0701 e. The second kappa shape index (κ2) is 6.70. The van der Waals surface area contributed by atoms with Crippen molar-refractivity contribution in [1.82, 2.24) is 4.90 Å². The summed E-state index contributed by atoms with van der Waals surface area (Å²) in [5.41, 5.74) is 7.47. The third-order valence-electron chi connectivity index (χ3n) is 12.3. The molecule has 4 aliphatic carbocycles. The smallest absolute Gasteiger partial charge is 0.0701 e. The van der Waals surface area contributed by atoms with Gasteiger partial charge < -0.3 is 10.8 Å². The zero-order valence-electron chi connectivity index (χ0n) is 19.9. The summed E-state index contributed by atoms with van der Waals surface area (Å²) in [4.78, 5) is 2.82. The number of rotatable bonds is 0. The van der Waals surface area contributed by atoms with Gasteiger partial charge in [-0.1, -0.05) is 27.7 Å². The molecule has 2 saturated heterocycles. The van der Waals surface area contributed by atoms with E-state index in [2.05, 4.69) is 32.6 Å². The average molecular weight is 415 g/mol. The fraction of sp³-hybridized carbons (Fsp3) is 1.00. The number of nitrogens with zero attached hydrogens (tertiary/aromatic N) is 1. The molecule has 3 heteroatoms. The van der Waals surface area contributed by atoms with Crippen LogP contribution in [-0.4, -0.2) is 40.8 Å². The number of nitrogens with two attached hydrogens (primary N) is 1. The molecule has 6 fully saturated rings. The number of hydrogen-bond donors (Lipinski definition) is 2. The molecule has 0 aromatic carbocycles. The first-order valence-corrected chi connectivity index (χ1v) is 13.4. The zero-order chi connectivity index (χ0) is 21.0. The Kier molecular flexibility index (Phi) is 4.58. The molecular weight excluding hydrogens is 368 g/mol. The standard InChI is InChI=1S/C27H46N2O/c1-15-11-23(30)25-16(2)24-22(29(25)14-15)13-21-19-6-5-17-12-18(28)7-9-26(17,3)20(19)8-10-27(21,24)4/h15-25,30H,5-14,28H2,1-4H3/t15-,16+,17+,18-,19-,20+,21+,22+,23+,24+,25+,26+,27+/m1/s1. The molecule has 4 saturated carbocycles. The van der Waals surface area contributed by atoms with Crippen molar-refractivity contribution >= 4 is 0 Å². The van der Waals surface area contributed by atoms with Gasteiger partial charge in [-0.05, 0) is 110 Å². The van der Waals surface area contributed by atoms with Crippen LogP contribution in [0.5, 0.6) is 0 Å². The maximum atomic E-state index is 11.0. The van der Waals surface area contributed by atoms with Crippen molar-refractivity contribution in [3.8, 4) is 0 Å². The number of fused-ring (bicyclic) bond motifs is 9. The van der Waals surface area contributed by atoms with Gasteiger partial charge in [-0.15, -0.1) is 0 Å². The monoisotopic (exact) mass is 414 g/mol. The van der Waals surface area contributed by atoms with E-state index >= 15 is 0 Å². The van der Waals surface area contributed by atoms with E-state index in [4.69, 9.17) is 5.73 Å². The van der Waals surface area contributed by atoms with Crippen LogP contribution in [0.3, 0.4) is 0 Å². The Morgan fingerprint density at radius 2 is 1.67 bits per heavy atom. The van der Waals surface area contributed by atoms with Gasteiger partial charge in [0.25, 0.3) is 0 Å². The molecule has 0 spiro atoms. The number of hydrogen-bond acceptors (Lipinski definition) is 3. The van der Waals surface area contributed by atoms with E-state index in [9.17, 15) is 5.11 Å². The van der Waals surface area contributed by atoms with Gasteiger partial charge in [0.05, 0.1) is 6.10 Å². The van der Waals surface area contributed by atoms with E-state index in [1.165, 1.54) is 57.9 Å². The van der Waals surface area contributed by atoms with Crippen molar-refractivity contribution in [3.05, 3.63) is 0 Å². The van der Waals surface area contributed by atoms with E-state index in [1.54, 1.807) is 0 Å². The molecule has 2 aliphatic heterocycles. The minimum Gasteiger partial charge on any atom is -0.391 e. The largest absolute Gasteiger partial charge is 0.391 e. The summed E-state index contributed by atoms with van der Waals surface area (Å²) in [6.07, 6.45) is 12.0. The van der Waals surface area contributed by atoms with Crippen molar-refractivity contribution in [2.45, 2.75) is 110 Å². The Morgan fingerprint density at radius 1 is 0.900 bits per heavy atom. The second-order valence-electron chi connectivity index (χ2n) is 13.5. The fourth-order valence-corrected chi connectivity index (χ4v) is 11.2. The minimum atomic E-state index is -0.103.